The van der Waals surface area contributed by atoms with E-state index in [4.69, 9.17) is 0 Å². The van der Waals surface area contributed by atoms with E-state index in [1.165, 1.54) is 11.3 Å². The maximum atomic E-state index is 12.3. The number of sulfonamides is 1. The Morgan fingerprint density at radius 3 is 2.44 bits per heavy atom. The minimum Gasteiger partial charge on any atom is -0.206 e. The van der Waals surface area contributed by atoms with Crippen LogP contribution < -0.4 is 0 Å². The van der Waals surface area contributed by atoms with E-state index >= 15 is 0 Å². The molecule has 0 unspecified atom stereocenters. The molecule has 3 nitrogen and oxygen atoms in total. The molecule has 0 spiro atoms. The lowest BCUT2D eigenvalue weighted by atomic mass is 10.2. The first kappa shape index (κ1) is 12.5. The molecule has 90 valence electrons. The average molecular weight is 324 g/mol. The second kappa shape index (κ2) is 4.76. The summed E-state index contributed by atoms with van der Waals surface area (Å²) in [5.74, 6) is 0. The summed E-state index contributed by atoms with van der Waals surface area (Å²) in [6.07, 6.45) is 3.09. The van der Waals surface area contributed by atoms with Crippen LogP contribution in [0.2, 0.25) is 0 Å². The summed E-state index contributed by atoms with van der Waals surface area (Å²) in [7, 11) is -3.24. The summed E-state index contributed by atoms with van der Waals surface area (Å²) >= 11 is 4.67. The van der Waals surface area contributed by atoms with Crippen LogP contribution in [0.3, 0.4) is 0 Å². The smallest absolute Gasteiger partial charge is 0.206 e. The Hall–Kier alpha value is 0.0900. The van der Waals surface area contributed by atoms with E-state index in [1.54, 1.807) is 10.4 Å². The Balaban J connectivity index is 2.30. The topological polar surface area (TPSA) is 37.4 Å². The van der Waals surface area contributed by atoms with Crippen LogP contribution in [0, 0.1) is 6.92 Å². The van der Waals surface area contributed by atoms with Crippen LogP contribution in [0.1, 0.15) is 24.8 Å². The summed E-state index contributed by atoms with van der Waals surface area (Å²) in [4.78, 5) is 0. The molecule has 2 heterocycles. The molecule has 1 fully saturated rings. The molecule has 0 aromatic carbocycles. The van der Waals surface area contributed by atoms with Crippen molar-refractivity contribution in [1.82, 2.24) is 4.31 Å². The van der Waals surface area contributed by atoms with Crippen LogP contribution in [0.15, 0.2) is 14.1 Å². The number of halogens is 1. The third kappa shape index (κ3) is 2.34. The molecule has 1 aromatic rings. The maximum Gasteiger partial charge on any atom is 0.252 e. The van der Waals surface area contributed by atoms with Crippen LogP contribution in [-0.4, -0.2) is 25.8 Å². The Morgan fingerprint density at radius 2 is 1.94 bits per heavy atom. The highest BCUT2D eigenvalue weighted by molar-refractivity contribution is 9.11. The monoisotopic (exact) mass is 323 g/mol. The van der Waals surface area contributed by atoms with Gasteiger partial charge in [-0.2, -0.15) is 4.31 Å². The summed E-state index contributed by atoms with van der Waals surface area (Å²) in [5, 5.41) is 0. The zero-order chi connectivity index (χ0) is 11.8. The molecule has 6 heteroatoms. The van der Waals surface area contributed by atoms with E-state index in [9.17, 15) is 8.42 Å². The van der Waals surface area contributed by atoms with E-state index in [1.807, 2.05) is 6.92 Å². The molecule has 0 bridgehead atoms. The zero-order valence-electron chi connectivity index (χ0n) is 9.07. The van der Waals surface area contributed by atoms with Crippen molar-refractivity contribution in [1.29, 1.82) is 0 Å². The highest BCUT2D eigenvalue weighted by atomic mass is 79.9. The first-order chi connectivity index (χ1) is 7.51. The number of hydrogen-bond donors (Lipinski definition) is 0. The first-order valence-corrected chi connectivity index (χ1v) is 8.33. The number of piperidine rings is 1. The summed E-state index contributed by atoms with van der Waals surface area (Å²) in [6.45, 7) is 3.24. The summed E-state index contributed by atoms with van der Waals surface area (Å²) in [5.41, 5.74) is 0.987. The molecule has 1 aliphatic rings. The van der Waals surface area contributed by atoms with Crippen LogP contribution in [0.4, 0.5) is 0 Å². The molecule has 0 aliphatic carbocycles. The molecule has 0 radical (unpaired) electrons. The van der Waals surface area contributed by atoms with Gasteiger partial charge in [0, 0.05) is 13.1 Å². The predicted molar refractivity (Wildman–Crippen MR) is 69.4 cm³/mol. The van der Waals surface area contributed by atoms with Gasteiger partial charge in [0.2, 0.25) is 0 Å². The fourth-order valence-corrected chi connectivity index (χ4v) is 5.69. The molecule has 16 heavy (non-hydrogen) atoms. The van der Waals surface area contributed by atoms with Gasteiger partial charge in [0.25, 0.3) is 10.0 Å². The Morgan fingerprint density at radius 1 is 1.31 bits per heavy atom. The van der Waals surface area contributed by atoms with Crippen LogP contribution in [-0.2, 0) is 10.0 Å². The number of hydrogen-bond acceptors (Lipinski definition) is 3. The lowest BCUT2D eigenvalue weighted by molar-refractivity contribution is 0.347. The number of rotatable bonds is 2. The van der Waals surface area contributed by atoms with Crippen molar-refractivity contribution < 1.29 is 8.42 Å². The van der Waals surface area contributed by atoms with Crippen LogP contribution >= 0.6 is 27.3 Å². The fraction of sp³-hybridized carbons (Fsp3) is 0.600. The van der Waals surface area contributed by atoms with Gasteiger partial charge in [-0.1, -0.05) is 6.42 Å². The predicted octanol–water partition coefficient (Wildman–Crippen LogP) is 2.99. The SMILES string of the molecule is Cc1cc(S(=O)(=O)N2CCCCC2)sc1Br. The van der Waals surface area contributed by atoms with Crippen LogP contribution in [0.25, 0.3) is 0 Å². The van der Waals surface area contributed by atoms with E-state index in [0.29, 0.717) is 17.3 Å². The Kier molecular flexibility index (Phi) is 3.73. The number of aryl methyl sites for hydroxylation is 1. The molecular formula is C10H14BrNO2S2. The molecule has 1 aliphatic heterocycles. The van der Waals surface area contributed by atoms with Crippen molar-refractivity contribution in [2.45, 2.75) is 30.4 Å². The molecule has 2 rings (SSSR count). The minimum absolute atomic E-state index is 0.457. The van der Waals surface area contributed by atoms with Crippen molar-refractivity contribution in [2.75, 3.05) is 13.1 Å². The van der Waals surface area contributed by atoms with Crippen molar-refractivity contribution in [2.24, 2.45) is 0 Å². The molecule has 0 saturated carbocycles. The van der Waals surface area contributed by atoms with Gasteiger partial charge < -0.3 is 0 Å². The quantitative estimate of drug-likeness (QED) is 0.839. The van der Waals surface area contributed by atoms with Crippen molar-refractivity contribution in [3.63, 3.8) is 0 Å². The lowest BCUT2D eigenvalue weighted by Gasteiger charge is -2.25. The van der Waals surface area contributed by atoms with Gasteiger partial charge in [-0.25, -0.2) is 8.42 Å². The van der Waals surface area contributed by atoms with Gasteiger partial charge in [-0.3, -0.25) is 0 Å². The Bertz CT molecular complexity index is 456. The largest absolute Gasteiger partial charge is 0.252 e. The Labute approximate surface area is 109 Å². The minimum atomic E-state index is -3.24. The third-order valence-corrected chi connectivity index (χ3v) is 7.23. The zero-order valence-corrected chi connectivity index (χ0v) is 12.3. The van der Waals surface area contributed by atoms with Gasteiger partial charge in [-0.15, -0.1) is 11.3 Å². The van der Waals surface area contributed by atoms with Crippen molar-refractivity contribution in [3.8, 4) is 0 Å². The van der Waals surface area contributed by atoms with E-state index in [-0.39, 0.29) is 0 Å². The summed E-state index contributed by atoms with van der Waals surface area (Å²) in [6, 6.07) is 1.75. The molecule has 1 aromatic heterocycles. The summed E-state index contributed by atoms with van der Waals surface area (Å²) < 4.78 is 27.5. The van der Waals surface area contributed by atoms with E-state index in [2.05, 4.69) is 15.9 Å². The third-order valence-electron chi connectivity index (χ3n) is 2.74. The van der Waals surface area contributed by atoms with Gasteiger partial charge in [0.1, 0.15) is 4.21 Å². The van der Waals surface area contributed by atoms with Gasteiger partial charge in [0.15, 0.2) is 0 Å². The molecular weight excluding hydrogens is 310 g/mol. The molecule has 1 saturated heterocycles. The van der Waals surface area contributed by atoms with Crippen LogP contribution in [0.5, 0.6) is 0 Å². The second-order valence-corrected chi connectivity index (χ2v) is 8.52. The standard InChI is InChI=1S/C10H14BrNO2S2/c1-8-7-9(15-10(8)11)16(13,14)12-5-3-2-4-6-12/h7H,2-6H2,1H3. The molecule has 0 amide bonds. The number of nitrogens with zero attached hydrogens (tertiary/aromatic N) is 1. The van der Waals surface area contributed by atoms with E-state index < -0.39 is 10.0 Å². The van der Waals surface area contributed by atoms with Crippen molar-refractivity contribution >= 4 is 37.3 Å². The average Bonchev–Trinajstić information content (AvgIpc) is 2.61. The molecule has 0 N–H and O–H groups in total. The first-order valence-electron chi connectivity index (χ1n) is 5.28. The van der Waals surface area contributed by atoms with Gasteiger partial charge >= 0.3 is 0 Å². The van der Waals surface area contributed by atoms with Gasteiger partial charge in [-0.05, 0) is 47.3 Å². The van der Waals surface area contributed by atoms with E-state index in [0.717, 1.165) is 28.6 Å². The molecule has 0 atom stereocenters. The fourth-order valence-electron chi connectivity index (χ4n) is 1.79. The van der Waals surface area contributed by atoms with Gasteiger partial charge in [0.05, 0.1) is 3.79 Å². The normalized spacial score (nSPS) is 18.9. The van der Waals surface area contributed by atoms with Crippen molar-refractivity contribution in [3.05, 3.63) is 15.4 Å². The highest BCUT2D eigenvalue weighted by Crippen LogP contribution is 2.33. The highest BCUT2D eigenvalue weighted by Gasteiger charge is 2.27. The second-order valence-electron chi connectivity index (χ2n) is 3.99. The maximum absolute atomic E-state index is 12.3. The number of thiophene rings is 1. The lowest BCUT2D eigenvalue weighted by Crippen LogP contribution is -2.35.